The van der Waals surface area contributed by atoms with E-state index in [-0.39, 0.29) is 29.1 Å². The molecule has 2 unspecified atom stereocenters. The molecule has 0 amide bonds. The number of epoxide rings is 1. The summed E-state index contributed by atoms with van der Waals surface area (Å²) in [6.07, 6.45) is 2.60. The molecule has 1 spiro atoms. The Kier molecular flexibility index (Phi) is 3.99. The van der Waals surface area contributed by atoms with Gasteiger partial charge >= 0.3 is 0 Å². The highest BCUT2D eigenvalue weighted by Crippen LogP contribution is 2.58. The van der Waals surface area contributed by atoms with Crippen molar-refractivity contribution in [2.24, 2.45) is 5.92 Å². The molecule has 136 valence electrons. The van der Waals surface area contributed by atoms with Crippen LogP contribution in [0.15, 0.2) is 34.3 Å². The molecular formula is C20H26O5. The number of Topliss-reactive ketones (excluding diaryl/α,β-unsaturated/α-hetero) is 2. The van der Waals surface area contributed by atoms with Gasteiger partial charge in [-0.1, -0.05) is 25.5 Å². The molecule has 5 nitrogen and oxygen atoms in total. The molecule has 2 aliphatic heterocycles. The number of ether oxygens (including phenoxy) is 2. The van der Waals surface area contributed by atoms with Crippen molar-refractivity contribution in [3.05, 3.63) is 34.3 Å². The molecule has 3 rings (SSSR count). The molecule has 0 radical (unpaired) electrons. The molecule has 1 N–H and O–H groups in total. The zero-order chi connectivity index (χ0) is 18.7. The second-order valence-corrected chi connectivity index (χ2v) is 8.27. The van der Waals surface area contributed by atoms with E-state index in [1.165, 1.54) is 0 Å². The summed E-state index contributed by atoms with van der Waals surface area (Å²) in [7, 11) is 0. The molecule has 2 atom stereocenters. The summed E-state index contributed by atoms with van der Waals surface area (Å²) in [6.45, 7) is 11.2. The van der Waals surface area contributed by atoms with Gasteiger partial charge < -0.3 is 14.6 Å². The van der Waals surface area contributed by atoms with Crippen molar-refractivity contribution in [2.45, 2.75) is 71.7 Å². The Labute approximate surface area is 148 Å². The minimum atomic E-state index is -1.22. The Morgan fingerprint density at radius 3 is 2.56 bits per heavy atom. The van der Waals surface area contributed by atoms with E-state index in [4.69, 9.17) is 9.47 Å². The predicted molar refractivity (Wildman–Crippen MR) is 93.0 cm³/mol. The molecule has 1 aliphatic carbocycles. The van der Waals surface area contributed by atoms with Gasteiger partial charge in [-0.3, -0.25) is 9.59 Å². The zero-order valence-electron chi connectivity index (χ0n) is 15.7. The highest BCUT2D eigenvalue weighted by molar-refractivity contribution is 6.27. The number of ketones is 2. The van der Waals surface area contributed by atoms with Crippen LogP contribution < -0.4 is 0 Å². The van der Waals surface area contributed by atoms with Crippen LogP contribution in [0.2, 0.25) is 0 Å². The Balaban J connectivity index is 2.20. The highest BCUT2D eigenvalue weighted by atomic mass is 16.7. The van der Waals surface area contributed by atoms with Crippen LogP contribution in [0.25, 0.3) is 0 Å². The average molecular weight is 346 g/mol. The van der Waals surface area contributed by atoms with Crippen molar-refractivity contribution in [3.8, 4) is 0 Å². The maximum Gasteiger partial charge on any atom is 0.215 e. The molecular weight excluding hydrogens is 320 g/mol. The van der Waals surface area contributed by atoms with Crippen LogP contribution in [-0.2, 0) is 19.1 Å². The van der Waals surface area contributed by atoms with E-state index >= 15 is 0 Å². The number of hydrogen-bond donors (Lipinski definition) is 1. The van der Waals surface area contributed by atoms with Crippen molar-refractivity contribution in [3.63, 3.8) is 0 Å². The lowest BCUT2D eigenvalue weighted by Gasteiger charge is -2.37. The number of allylic oxidation sites excluding steroid dienone is 3. The maximum atomic E-state index is 13.1. The smallest absolute Gasteiger partial charge is 0.215 e. The van der Waals surface area contributed by atoms with Crippen molar-refractivity contribution in [2.75, 3.05) is 0 Å². The molecule has 25 heavy (non-hydrogen) atoms. The first-order valence-electron chi connectivity index (χ1n) is 8.77. The van der Waals surface area contributed by atoms with E-state index in [0.29, 0.717) is 24.2 Å². The molecule has 0 aromatic heterocycles. The SMILES string of the molecule is CC(C)=CCC1=C2OC(C)(C)CC3OC23C(=O)C(C(=O)C(C)C)=C1O. The largest absolute Gasteiger partial charge is 0.507 e. The van der Waals surface area contributed by atoms with Gasteiger partial charge in [0.1, 0.15) is 28.8 Å². The van der Waals surface area contributed by atoms with Gasteiger partial charge in [0.05, 0.1) is 0 Å². The van der Waals surface area contributed by atoms with E-state index in [2.05, 4.69) is 0 Å². The van der Waals surface area contributed by atoms with E-state index in [1.54, 1.807) is 13.8 Å². The second kappa shape index (κ2) is 5.56. The number of aliphatic hydroxyl groups excluding tert-OH is 1. The summed E-state index contributed by atoms with van der Waals surface area (Å²) in [5.41, 5.74) is -0.281. The van der Waals surface area contributed by atoms with Crippen LogP contribution in [0.1, 0.15) is 54.4 Å². The van der Waals surface area contributed by atoms with Crippen LogP contribution in [0.5, 0.6) is 0 Å². The van der Waals surface area contributed by atoms with Gasteiger partial charge in [0.2, 0.25) is 11.4 Å². The van der Waals surface area contributed by atoms with Gasteiger partial charge in [0.25, 0.3) is 0 Å². The van der Waals surface area contributed by atoms with Crippen LogP contribution in [0.4, 0.5) is 0 Å². The van der Waals surface area contributed by atoms with E-state index in [0.717, 1.165) is 5.57 Å². The fourth-order valence-corrected chi connectivity index (χ4v) is 3.57. The summed E-state index contributed by atoms with van der Waals surface area (Å²) in [4.78, 5) is 25.7. The second-order valence-electron chi connectivity index (χ2n) is 8.27. The number of carbonyl (C=O) groups excluding carboxylic acids is 2. The van der Waals surface area contributed by atoms with Crippen LogP contribution in [0.3, 0.4) is 0 Å². The predicted octanol–water partition coefficient (Wildman–Crippen LogP) is 3.55. The number of hydrogen-bond acceptors (Lipinski definition) is 5. The molecule has 2 fully saturated rings. The monoisotopic (exact) mass is 346 g/mol. The minimum absolute atomic E-state index is 0.137. The van der Waals surface area contributed by atoms with Crippen molar-refractivity contribution < 1.29 is 24.2 Å². The fraction of sp³-hybridized carbons (Fsp3) is 0.600. The quantitative estimate of drug-likeness (QED) is 0.478. The molecule has 0 aromatic rings. The molecule has 0 saturated carbocycles. The molecule has 2 saturated heterocycles. The van der Waals surface area contributed by atoms with Gasteiger partial charge in [0.15, 0.2) is 5.78 Å². The summed E-state index contributed by atoms with van der Waals surface area (Å²) in [5.74, 6) is -1.07. The topological polar surface area (TPSA) is 76.1 Å². The molecule has 3 aliphatic rings. The number of carbonyl (C=O) groups is 2. The van der Waals surface area contributed by atoms with E-state index < -0.39 is 17.0 Å². The lowest BCUT2D eigenvalue weighted by Crippen LogP contribution is -2.47. The fourth-order valence-electron chi connectivity index (χ4n) is 3.57. The third-order valence-corrected chi connectivity index (χ3v) is 4.96. The van der Waals surface area contributed by atoms with E-state index in [1.807, 2.05) is 33.8 Å². The van der Waals surface area contributed by atoms with Crippen molar-refractivity contribution >= 4 is 11.6 Å². The number of rotatable bonds is 4. The van der Waals surface area contributed by atoms with Crippen LogP contribution in [-0.4, -0.2) is 34.0 Å². The third-order valence-electron chi connectivity index (χ3n) is 4.96. The highest BCUT2D eigenvalue weighted by Gasteiger charge is 2.73. The minimum Gasteiger partial charge on any atom is -0.507 e. The summed E-state index contributed by atoms with van der Waals surface area (Å²) < 4.78 is 11.9. The molecule has 2 heterocycles. The molecule has 0 bridgehead atoms. The van der Waals surface area contributed by atoms with Gasteiger partial charge in [-0.05, 0) is 34.1 Å². The van der Waals surface area contributed by atoms with E-state index in [9.17, 15) is 14.7 Å². The van der Waals surface area contributed by atoms with Crippen molar-refractivity contribution in [1.82, 2.24) is 0 Å². The van der Waals surface area contributed by atoms with Crippen LogP contribution in [0, 0.1) is 5.92 Å². The van der Waals surface area contributed by atoms with Gasteiger partial charge in [-0.2, -0.15) is 0 Å². The molecule has 5 heteroatoms. The summed E-state index contributed by atoms with van der Waals surface area (Å²) in [6, 6.07) is 0. The number of aliphatic hydroxyl groups is 1. The normalized spacial score (nSPS) is 29.9. The first kappa shape index (κ1) is 17.9. The first-order valence-corrected chi connectivity index (χ1v) is 8.77. The first-order chi connectivity index (χ1) is 11.5. The van der Waals surface area contributed by atoms with Gasteiger partial charge in [0, 0.05) is 17.9 Å². The summed E-state index contributed by atoms with van der Waals surface area (Å²) in [5, 5.41) is 10.8. The Morgan fingerprint density at radius 2 is 2.00 bits per heavy atom. The van der Waals surface area contributed by atoms with Crippen LogP contribution >= 0.6 is 0 Å². The lowest BCUT2D eigenvalue weighted by molar-refractivity contribution is -0.127. The molecule has 0 aromatic carbocycles. The maximum absolute atomic E-state index is 13.1. The van der Waals surface area contributed by atoms with Crippen molar-refractivity contribution in [1.29, 1.82) is 0 Å². The summed E-state index contributed by atoms with van der Waals surface area (Å²) >= 11 is 0. The van der Waals surface area contributed by atoms with Gasteiger partial charge in [-0.15, -0.1) is 0 Å². The Hall–Kier alpha value is -1.88. The Morgan fingerprint density at radius 1 is 1.36 bits per heavy atom. The lowest BCUT2D eigenvalue weighted by atomic mass is 9.75. The average Bonchev–Trinajstić information content (AvgIpc) is 3.19. The standard InChI is InChI=1S/C20H26O5/c1-10(2)7-8-12-16(22)14(15(21)11(3)4)17(23)20-13(24-20)9-19(5,6)25-18(12)20/h7,11,13,22H,8-9H2,1-6H3. The zero-order valence-corrected chi connectivity index (χ0v) is 15.7. The Bertz CT molecular complexity index is 746. The third kappa shape index (κ3) is 2.65. The van der Waals surface area contributed by atoms with Gasteiger partial charge in [-0.25, -0.2) is 0 Å².